The summed E-state index contributed by atoms with van der Waals surface area (Å²) in [4.78, 5) is 25.7. The molecule has 6 nitrogen and oxygen atoms in total. The highest BCUT2D eigenvalue weighted by Crippen LogP contribution is 2.09. The third-order valence-electron chi connectivity index (χ3n) is 2.31. The first-order valence-electron chi connectivity index (χ1n) is 5.02. The van der Waals surface area contributed by atoms with Crippen molar-refractivity contribution < 1.29 is 4.92 Å². The lowest BCUT2D eigenvalue weighted by molar-refractivity contribution is -0.386. The molecule has 7 heteroatoms. The zero-order valence-electron chi connectivity index (χ0n) is 9.12. The Kier molecular flexibility index (Phi) is 3.38. The quantitative estimate of drug-likeness (QED) is 0.627. The standard InChI is InChI=1S/C11H8ClN3O3/c12-8-3-4-13-9(6-8)7-14-5-1-2-10(11(14)16)15(17)18/h1-6H,7H2. The summed E-state index contributed by atoms with van der Waals surface area (Å²) in [5.41, 5.74) is -0.561. The van der Waals surface area contributed by atoms with Crippen LogP contribution < -0.4 is 5.56 Å². The fourth-order valence-corrected chi connectivity index (χ4v) is 1.68. The molecular weight excluding hydrogens is 258 g/mol. The number of nitro groups is 1. The number of hydrogen-bond donors (Lipinski definition) is 0. The molecule has 0 aliphatic carbocycles. The normalized spacial score (nSPS) is 10.3. The van der Waals surface area contributed by atoms with E-state index in [4.69, 9.17) is 11.6 Å². The lowest BCUT2D eigenvalue weighted by Gasteiger charge is -2.04. The molecule has 92 valence electrons. The number of hydrogen-bond acceptors (Lipinski definition) is 4. The van der Waals surface area contributed by atoms with Crippen molar-refractivity contribution in [2.24, 2.45) is 0 Å². The Hall–Kier alpha value is -2.21. The third-order valence-corrected chi connectivity index (χ3v) is 2.54. The van der Waals surface area contributed by atoms with Gasteiger partial charge in [0.05, 0.1) is 17.2 Å². The molecule has 0 saturated heterocycles. The summed E-state index contributed by atoms with van der Waals surface area (Å²) in [5.74, 6) is 0. The fraction of sp³-hybridized carbons (Fsp3) is 0.0909. The van der Waals surface area contributed by atoms with Gasteiger partial charge >= 0.3 is 11.2 Å². The van der Waals surface area contributed by atoms with Crippen LogP contribution in [0.2, 0.25) is 5.02 Å². The van der Waals surface area contributed by atoms with Crippen molar-refractivity contribution in [2.75, 3.05) is 0 Å². The first-order valence-corrected chi connectivity index (χ1v) is 5.40. The monoisotopic (exact) mass is 265 g/mol. The van der Waals surface area contributed by atoms with E-state index in [0.29, 0.717) is 10.7 Å². The predicted molar refractivity (Wildman–Crippen MR) is 65.7 cm³/mol. The minimum Gasteiger partial charge on any atom is -0.304 e. The van der Waals surface area contributed by atoms with Crippen molar-refractivity contribution in [3.8, 4) is 0 Å². The van der Waals surface area contributed by atoms with Gasteiger partial charge in [-0.1, -0.05) is 11.6 Å². The Morgan fingerprint density at radius 1 is 1.44 bits per heavy atom. The Morgan fingerprint density at radius 2 is 2.22 bits per heavy atom. The fourth-order valence-electron chi connectivity index (χ4n) is 1.50. The van der Waals surface area contributed by atoms with E-state index >= 15 is 0 Å². The van der Waals surface area contributed by atoms with Crippen molar-refractivity contribution in [1.82, 2.24) is 9.55 Å². The number of nitrogens with zero attached hydrogens (tertiary/aromatic N) is 3. The van der Waals surface area contributed by atoms with Gasteiger partial charge in [-0.3, -0.25) is 19.9 Å². The number of rotatable bonds is 3. The molecular formula is C11H8ClN3O3. The van der Waals surface area contributed by atoms with E-state index in [1.807, 2.05) is 0 Å². The molecule has 2 aromatic rings. The minimum absolute atomic E-state index is 0.140. The molecule has 0 N–H and O–H groups in total. The van der Waals surface area contributed by atoms with Gasteiger partial charge in [-0.2, -0.15) is 0 Å². The molecule has 0 aliphatic rings. The van der Waals surface area contributed by atoms with E-state index in [-0.39, 0.29) is 6.54 Å². The Morgan fingerprint density at radius 3 is 2.89 bits per heavy atom. The van der Waals surface area contributed by atoms with Crippen LogP contribution in [-0.4, -0.2) is 14.5 Å². The van der Waals surface area contributed by atoms with E-state index in [1.54, 1.807) is 12.1 Å². The third kappa shape index (κ3) is 2.54. The van der Waals surface area contributed by atoms with Crippen LogP contribution in [0.3, 0.4) is 0 Å². The summed E-state index contributed by atoms with van der Waals surface area (Å²) in [5, 5.41) is 11.1. The van der Waals surface area contributed by atoms with Crippen LogP contribution >= 0.6 is 11.6 Å². The van der Waals surface area contributed by atoms with Crippen molar-refractivity contribution in [2.45, 2.75) is 6.54 Å². The second kappa shape index (κ2) is 4.97. The van der Waals surface area contributed by atoms with E-state index in [9.17, 15) is 14.9 Å². The molecule has 0 bridgehead atoms. The molecule has 0 amide bonds. The highest BCUT2D eigenvalue weighted by molar-refractivity contribution is 6.30. The summed E-state index contributed by atoms with van der Waals surface area (Å²) in [6.45, 7) is 0.140. The van der Waals surface area contributed by atoms with E-state index in [1.165, 1.54) is 29.1 Å². The second-order valence-corrected chi connectivity index (χ2v) is 3.99. The van der Waals surface area contributed by atoms with Gasteiger partial charge in [0.15, 0.2) is 0 Å². The van der Waals surface area contributed by atoms with Gasteiger partial charge in [-0.05, 0) is 18.2 Å². The molecule has 0 unspecified atom stereocenters. The summed E-state index contributed by atoms with van der Waals surface area (Å²) in [7, 11) is 0. The molecule has 0 fully saturated rings. The summed E-state index contributed by atoms with van der Waals surface area (Å²) in [6, 6.07) is 5.84. The molecule has 0 spiro atoms. The largest absolute Gasteiger partial charge is 0.334 e. The van der Waals surface area contributed by atoms with Gasteiger partial charge in [-0.25, -0.2) is 0 Å². The predicted octanol–water partition coefficient (Wildman–Crippen LogP) is 1.85. The first kappa shape index (κ1) is 12.3. The van der Waals surface area contributed by atoms with Crippen molar-refractivity contribution in [1.29, 1.82) is 0 Å². The molecule has 0 aromatic carbocycles. The Balaban J connectivity index is 2.38. The van der Waals surface area contributed by atoms with Crippen LogP contribution in [0.1, 0.15) is 5.69 Å². The van der Waals surface area contributed by atoms with Crippen molar-refractivity contribution >= 4 is 17.3 Å². The zero-order valence-corrected chi connectivity index (χ0v) is 9.87. The van der Waals surface area contributed by atoms with Crippen LogP contribution in [0.25, 0.3) is 0 Å². The highest BCUT2D eigenvalue weighted by atomic mass is 35.5. The molecule has 0 radical (unpaired) electrons. The maximum atomic E-state index is 11.8. The molecule has 2 rings (SSSR count). The number of halogens is 1. The van der Waals surface area contributed by atoms with Gasteiger partial charge in [0, 0.05) is 23.5 Å². The summed E-state index contributed by atoms with van der Waals surface area (Å²) >= 11 is 5.80. The molecule has 0 aliphatic heterocycles. The molecule has 0 atom stereocenters. The highest BCUT2D eigenvalue weighted by Gasteiger charge is 2.13. The first-order chi connectivity index (χ1) is 8.58. The van der Waals surface area contributed by atoms with E-state index in [2.05, 4.69) is 4.98 Å². The van der Waals surface area contributed by atoms with E-state index in [0.717, 1.165) is 0 Å². The van der Waals surface area contributed by atoms with Crippen molar-refractivity contribution in [3.63, 3.8) is 0 Å². The topological polar surface area (TPSA) is 78.0 Å². The maximum Gasteiger partial charge on any atom is 0.334 e. The lowest BCUT2D eigenvalue weighted by Crippen LogP contribution is -2.22. The van der Waals surface area contributed by atoms with Gasteiger partial charge in [0.2, 0.25) is 0 Å². The molecule has 2 aromatic heterocycles. The summed E-state index contributed by atoms with van der Waals surface area (Å²) < 4.78 is 1.22. The van der Waals surface area contributed by atoms with Crippen LogP contribution in [0, 0.1) is 10.1 Å². The van der Waals surface area contributed by atoms with Gasteiger partial charge < -0.3 is 4.57 Å². The molecule has 2 heterocycles. The van der Waals surface area contributed by atoms with Crippen LogP contribution in [0.5, 0.6) is 0 Å². The lowest BCUT2D eigenvalue weighted by atomic mass is 10.3. The second-order valence-electron chi connectivity index (χ2n) is 3.55. The van der Waals surface area contributed by atoms with Gasteiger partial charge in [-0.15, -0.1) is 0 Å². The molecule has 0 saturated carbocycles. The summed E-state index contributed by atoms with van der Waals surface area (Å²) in [6.07, 6.45) is 2.98. The van der Waals surface area contributed by atoms with Crippen molar-refractivity contribution in [3.05, 3.63) is 67.8 Å². The molecule has 18 heavy (non-hydrogen) atoms. The smallest absolute Gasteiger partial charge is 0.304 e. The van der Waals surface area contributed by atoms with Gasteiger partial charge in [0.1, 0.15) is 0 Å². The average molecular weight is 266 g/mol. The Bertz CT molecular complexity index is 654. The van der Waals surface area contributed by atoms with Crippen LogP contribution in [0.15, 0.2) is 41.5 Å². The SMILES string of the molecule is O=c1c([N+](=O)[O-])cccn1Cc1cc(Cl)ccn1. The maximum absolute atomic E-state index is 11.8. The Labute approximate surface area is 107 Å². The number of aromatic nitrogens is 2. The van der Waals surface area contributed by atoms with Gasteiger partial charge in [0.25, 0.3) is 0 Å². The number of pyridine rings is 2. The van der Waals surface area contributed by atoms with Crippen LogP contribution in [0.4, 0.5) is 5.69 Å². The van der Waals surface area contributed by atoms with Crippen LogP contribution in [-0.2, 0) is 6.54 Å². The minimum atomic E-state index is -0.704. The van der Waals surface area contributed by atoms with E-state index < -0.39 is 16.2 Å². The zero-order chi connectivity index (χ0) is 13.1. The average Bonchev–Trinajstić information content (AvgIpc) is 2.31.